The van der Waals surface area contributed by atoms with Crippen LogP contribution in [0.1, 0.15) is 52.4 Å². The van der Waals surface area contributed by atoms with Crippen LogP contribution >= 0.6 is 12.4 Å². The molecule has 2 aliphatic rings. The zero-order chi connectivity index (χ0) is 11.4. The van der Waals surface area contributed by atoms with Gasteiger partial charge in [0, 0.05) is 18.6 Å². The van der Waals surface area contributed by atoms with Crippen LogP contribution in [0.15, 0.2) is 0 Å². The maximum atomic E-state index is 3.78. The van der Waals surface area contributed by atoms with Crippen LogP contribution in [0, 0.1) is 5.92 Å². The summed E-state index contributed by atoms with van der Waals surface area (Å²) in [5.41, 5.74) is 0. The molecule has 0 spiro atoms. The van der Waals surface area contributed by atoms with Gasteiger partial charge in [-0.05, 0) is 58.5 Å². The molecule has 17 heavy (non-hydrogen) atoms. The Hall–Kier alpha value is 0.210. The zero-order valence-electron chi connectivity index (χ0n) is 11.5. The summed E-state index contributed by atoms with van der Waals surface area (Å²) in [6.07, 6.45) is 8.56. The smallest absolute Gasteiger partial charge is 0.00671 e. The third kappa shape index (κ3) is 4.76. The molecule has 1 aliphatic heterocycles. The van der Waals surface area contributed by atoms with Crippen LogP contribution in [-0.4, -0.2) is 36.6 Å². The van der Waals surface area contributed by atoms with Gasteiger partial charge in [-0.15, -0.1) is 12.4 Å². The lowest BCUT2D eigenvalue weighted by Crippen LogP contribution is -2.44. The monoisotopic (exact) mass is 260 g/mol. The molecule has 0 aromatic carbocycles. The summed E-state index contributed by atoms with van der Waals surface area (Å²) in [5, 5.41) is 3.78. The van der Waals surface area contributed by atoms with Crippen molar-refractivity contribution in [3.63, 3.8) is 0 Å². The van der Waals surface area contributed by atoms with E-state index in [1.165, 1.54) is 58.2 Å². The molecule has 1 unspecified atom stereocenters. The highest BCUT2D eigenvalue weighted by molar-refractivity contribution is 5.85. The SMILES string of the molecule is CC(C)N1CCCC(CNC2CCCC2)C1.Cl. The Kier molecular flexibility index (Phi) is 6.83. The molecular formula is C14H29ClN2. The second kappa shape index (κ2) is 7.60. The molecule has 0 radical (unpaired) electrons. The van der Waals surface area contributed by atoms with Crippen LogP contribution in [-0.2, 0) is 0 Å². The highest BCUT2D eigenvalue weighted by Crippen LogP contribution is 2.20. The van der Waals surface area contributed by atoms with Gasteiger partial charge in [0.2, 0.25) is 0 Å². The van der Waals surface area contributed by atoms with Gasteiger partial charge >= 0.3 is 0 Å². The predicted molar refractivity (Wildman–Crippen MR) is 76.9 cm³/mol. The van der Waals surface area contributed by atoms with Gasteiger partial charge in [0.1, 0.15) is 0 Å². The molecule has 1 aliphatic carbocycles. The lowest BCUT2D eigenvalue weighted by molar-refractivity contribution is 0.137. The minimum absolute atomic E-state index is 0. The highest BCUT2D eigenvalue weighted by atomic mass is 35.5. The van der Waals surface area contributed by atoms with E-state index in [9.17, 15) is 0 Å². The summed E-state index contributed by atoms with van der Waals surface area (Å²) < 4.78 is 0. The molecule has 0 bridgehead atoms. The second-order valence-corrected chi connectivity index (χ2v) is 5.99. The summed E-state index contributed by atoms with van der Waals surface area (Å²) in [7, 11) is 0. The van der Waals surface area contributed by atoms with E-state index in [0.29, 0.717) is 0 Å². The number of nitrogens with one attached hydrogen (secondary N) is 1. The Morgan fingerprint density at radius 1 is 1.12 bits per heavy atom. The van der Waals surface area contributed by atoms with E-state index >= 15 is 0 Å². The normalized spacial score (nSPS) is 27.4. The van der Waals surface area contributed by atoms with Gasteiger partial charge in [-0.1, -0.05) is 12.8 Å². The maximum absolute atomic E-state index is 3.78. The minimum Gasteiger partial charge on any atom is -0.314 e. The quantitative estimate of drug-likeness (QED) is 0.836. The van der Waals surface area contributed by atoms with Gasteiger partial charge in [0.05, 0.1) is 0 Å². The molecule has 0 amide bonds. The Labute approximate surface area is 113 Å². The number of likely N-dealkylation sites (tertiary alicyclic amines) is 1. The molecule has 1 saturated heterocycles. The molecule has 2 rings (SSSR count). The number of hydrogen-bond donors (Lipinski definition) is 1. The molecule has 1 heterocycles. The first-order valence-electron chi connectivity index (χ1n) is 7.23. The molecule has 1 atom stereocenters. The summed E-state index contributed by atoms with van der Waals surface area (Å²) in [5.74, 6) is 0.900. The van der Waals surface area contributed by atoms with Gasteiger partial charge in [0.25, 0.3) is 0 Å². The standard InChI is InChI=1S/C14H28N2.ClH/c1-12(2)16-9-5-6-13(11-16)10-15-14-7-3-4-8-14;/h12-15H,3-11H2,1-2H3;1H. The van der Waals surface area contributed by atoms with Crippen molar-refractivity contribution in [1.29, 1.82) is 0 Å². The lowest BCUT2D eigenvalue weighted by Gasteiger charge is -2.36. The third-order valence-electron chi connectivity index (χ3n) is 4.33. The van der Waals surface area contributed by atoms with Crippen LogP contribution in [0.4, 0.5) is 0 Å². The average molecular weight is 261 g/mol. The van der Waals surface area contributed by atoms with Gasteiger partial charge in [-0.3, -0.25) is 0 Å². The summed E-state index contributed by atoms with van der Waals surface area (Å²) in [6.45, 7) is 8.54. The Morgan fingerprint density at radius 2 is 1.82 bits per heavy atom. The van der Waals surface area contributed by atoms with Crippen molar-refractivity contribution in [3.05, 3.63) is 0 Å². The first-order valence-corrected chi connectivity index (χ1v) is 7.23. The molecule has 0 aromatic rings. The van der Waals surface area contributed by atoms with E-state index in [0.717, 1.165) is 18.0 Å². The first kappa shape index (κ1) is 15.3. The lowest BCUT2D eigenvalue weighted by atomic mass is 9.96. The van der Waals surface area contributed by atoms with Crippen LogP contribution in [0.3, 0.4) is 0 Å². The van der Waals surface area contributed by atoms with E-state index in [-0.39, 0.29) is 12.4 Å². The van der Waals surface area contributed by atoms with Gasteiger partial charge in [-0.2, -0.15) is 0 Å². The number of halogens is 1. The van der Waals surface area contributed by atoms with E-state index in [1.54, 1.807) is 0 Å². The minimum atomic E-state index is 0. The molecule has 1 saturated carbocycles. The van der Waals surface area contributed by atoms with Gasteiger partial charge < -0.3 is 10.2 Å². The first-order chi connectivity index (χ1) is 7.75. The van der Waals surface area contributed by atoms with Crippen LogP contribution < -0.4 is 5.32 Å². The summed E-state index contributed by atoms with van der Waals surface area (Å²) in [4.78, 5) is 2.64. The van der Waals surface area contributed by atoms with Crippen molar-refractivity contribution in [1.82, 2.24) is 10.2 Å². The van der Waals surface area contributed by atoms with Crippen molar-refractivity contribution in [2.45, 2.75) is 64.5 Å². The molecular weight excluding hydrogens is 232 g/mol. The average Bonchev–Trinajstić information content (AvgIpc) is 2.79. The zero-order valence-corrected chi connectivity index (χ0v) is 12.3. The Balaban J connectivity index is 0.00000144. The van der Waals surface area contributed by atoms with E-state index in [4.69, 9.17) is 0 Å². The van der Waals surface area contributed by atoms with E-state index in [2.05, 4.69) is 24.1 Å². The molecule has 2 fully saturated rings. The number of hydrogen-bond acceptors (Lipinski definition) is 2. The van der Waals surface area contributed by atoms with Gasteiger partial charge in [0.15, 0.2) is 0 Å². The Morgan fingerprint density at radius 3 is 2.47 bits per heavy atom. The molecule has 3 heteroatoms. The molecule has 2 nitrogen and oxygen atoms in total. The van der Waals surface area contributed by atoms with Crippen molar-refractivity contribution < 1.29 is 0 Å². The second-order valence-electron chi connectivity index (χ2n) is 5.99. The van der Waals surface area contributed by atoms with Crippen LogP contribution in [0.5, 0.6) is 0 Å². The number of nitrogens with zero attached hydrogens (tertiary/aromatic N) is 1. The third-order valence-corrected chi connectivity index (χ3v) is 4.33. The molecule has 102 valence electrons. The Bertz CT molecular complexity index is 202. The van der Waals surface area contributed by atoms with Crippen LogP contribution in [0.25, 0.3) is 0 Å². The van der Waals surface area contributed by atoms with Crippen molar-refractivity contribution in [3.8, 4) is 0 Å². The van der Waals surface area contributed by atoms with Crippen molar-refractivity contribution in [2.75, 3.05) is 19.6 Å². The summed E-state index contributed by atoms with van der Waals surface area (Å²) in [6, 6.07) is 1.57. The number of rotatable bonds is 4. The molecule has 0 aromatic heterocycles. The molecule has 1 N–H and O–H groups in total. The maximum Gasteiger partial charge on any atom is 0.00671 e. The predicted octanol–water partition coefficient (Wildman–Crippen LogP) is 3.06. The fourth-order valence-electron chi connectivity index (χ4n) is 3.20. The van der Waals surface area contributed by atoms with Crippen molar-refractivity contribution >= 4 is 12.4 Å². The fourth-order valence-corrected chi connectivity index (χ4v) is 3.20. The van der Waals surface area contributed by atoms with Crippen LogP contribution in [0.2, 0.25) is 0 Å². The topological polar surface area (TPSA) is 15.3 Å². The summed E-state index contributed by atoms with van der Waals surface area (Å²) >= 11 is 0. The number of piperidine rings is 1. The van der Waals surface area contributed by atoms with E-state index < -0.39 is 0 Å². The fraction of sp³-hybridized carbons (Fsp3) is 1.00. The van der Waals surface area contributed by atoms with Gasteiger partial charge in [-0.25, -0.2) is 0 Å². The van der Waals surface area contributed by atoms with Crippen molar-refractivity contribution in [2.24, 2.45) is 5.92 Å². The van der Waals surface area contributed by atoms with E-state index in [1.807, 2.05) is 0 Å². The largest absolute Gasteiger partial charge is 0.314 e. The highest BCUT2D eigenvalue weighted by Gasteiger charge is 2.22.